The van der Waals surface area contributed by atoms with Crippen LogP contribution < -0.4 is 0 Å². The van der Waals surface area contributed by atoms with Crippen molar-refractivity contribution < 1.29 is 0 Å². The SMILES string of the molecule is CCc1cc(CC(CBr)c2ccc(C)cc2)n(C)n1. The fourth-order valence-electron chi connectivity index (χ4n) is 2.29. The molecule has 0 saturated heterocycles. The summed E-state index contributed by atoms with van der Waals surface area (Å²) in [6, 6.07) is 11.1. The average molecular weight is 321 g/mol. The van der Waals surface area contributed by atoms with Gasteiger partial charge < -0.3 is 0 Å². The van der Waals surface area contributed by atoms with Crippen molar-refractivity contribution >= 4 is 15.9 Å². The second-order valence-corrected chi connectivity index (χ2v) is 5.72. The third-order valence-electron chi connectivity index (χ3n) is 3.58. The number of hydrogen-bond donors (Lipinski definition) is 0. The smallest absolute Gasteiger partial charge is 0.0624 e. The molecule has 102 valence electrons. The quantitative estimate of drug-likeness (QED) is 0.761. The highest BCUT2D eigenvalue weighted by Gasteiger charge is 2.14. The lowest BCUT2D eigenvalue weighted by atomic mass is 9.95. The molecule has 1 aromatic heterocycles. The number of benzene rings is 1. The molecule has 0 bridgehead atoms. The van der Waals surface area contributed by atoms with E-state index in [-0.39, 0.29) is 0 Å². The Bertz CT molecular complexity index is 528. The molecule has 0 radical (unpaired) electrons. The predicted octanol–water partition coefficient (Wildman–Crippen LogP) is 4.01. The summed E-state index contributed by atoms with van der Waals surface area (Å²) in [5.41, 5.74) is 5.18. The van der Waals surface area contributed by atoms with Gasteiger partial charge in [-0.1, -0.05) is 52.7 Å². The number of alkyl halides is 1. The molecule has 1 aromatic carbocycles. The van der Waals surface area contributed by atoms with E-state index in [9.17, 15) is 0 Å². The monoisotopic (exact) mass is 320 g/mol. The van der Waals surface area contributed by atoms with E-state index in [1.54, 1.807) is 0 Å². The van der Waals surface area contributed by atoms with Crippen molar-refractivity contribution in [3.63, 3.8) is 0 Å². The van der Waals surface area contributed by atoms with Gasteiger partial charge in [-0.3, -0.25) is 4.68 Å². The highest BCUT2D eigenvalue weighted by molar-refractivity contribution is 9.09. The molecule has 0 aliphatic heterocycles. The van der Waals surface area contributed by atoms with E-state index >= 15 is 0 Å². The van der Waals surface area contributed by atoms with E-state index in [0.29, 0.717) is 5.92 Å². The Morgan fingerprint density at radius 2 is 1.95 bits per heavy atom. The predicted molar refractivity (Wildman–Crippen MR) is 84.0 cm³/mol. The first kappa shape index (κ1) is 14.3. The maximum Gasteiger partial charge on any atom is 0.0624 e. The van der Waals surface area contributed by atoms with Crippen LogP contribution >= 0.6 is 15.9 Å². The number of rotatable bonds is 5. The third kappa shape index (κ3) is 3.47. The number of hydrogen-bond acceptors (Lipinski definition) is 1. The van der Waals surface area contributed by atoms with Gasteiger partial charge in [0, 0.05) is 18.1 Å². The van der Waals surface area contributed by atoms with Crippen molar-refractivity contribution in [1.82, 2.24) is 9.78 Å². The minimum absolute atomic E-state index is 0.501. The summed E-state index contributed by atoms with van der Waals surface area (Å²) in [4.78, 5) is 0. The lowest BCUT2D eigenvalue weighted by Crippen LogP contribution is -2.08. The number of nitrogens with zero attached hydrogens (tertiary/aromatic N) is 2. The van der Waals surface area contributed by atoms with Gasteiger partial charge in [-0.2, -0.15) is 5.10 Å². The number of aromatic nitrogens is 2. The Kier molecular flexibility index (Phi) is 4.81. The molecule has 1 unspecified atom stereocenters. The Labute approximate surface area is 124 Å². The summed E-state index contributed by atoms with van der Waals surface area (Å²) in [5, 5.41) is 5.50. The summed E-state index contributed by atoms with van der Waals surface area (Å²) in [7, 11) is 2.04. The topological polar surface area (TPSA) is 17.8 Å². The highest BCUT2D eigenvalue weighted by atomic mass is 79.9. The van der Waals surface area contributed by atoms with Crippen LogP contribution in [-0.4, -0.2) is 15.1 Å². The molecule has 2 nitrogen and oxygen atoms in total. The van der Waals surface area contributed by atoms with Gasteiger partial charge in [-0.05, 0) is 37.3 Å². The number of halogens is 1. The molecule has 2 aromatic rings. The second-order valence-electron chi connectivity index (χ2n) is 5.07. The summed E-state index contributed by atoms with van der Waals surface area (Å²) in [6.45, 7) is 4.27. The van der Waals surface area contributed by atoms with Crippen molar-refractivity contribution in [2.24, 2.45) is 7.05 Å². The van der Waals surface area contributed by atoms with Gasteiger partial charge in [-0.15, -0.1) is 0 Å². The van der Waals surface area contributed by atoms with Crippen LogP contribution in [0.1, 0.15) is 35.4 Å². The zero-order chi connectivity index (χ0) is 13.8. The first-order chi connectivity index (χ1) is 9.13. The van der Waals surface area contributed by atoms with Crippen LogP contribution in [0.4, 0.5) is 0 Å². The highest BCUT2D eigenvalue weighted by Crippen LogP contribution is 2.23. The lowest BCUT2D eigenvalue weighted by molar-refractivity contribution is 0.658. The van der Waals surface area contributed by atoms with Gasteiger partial charge in [0.05, 0.1) is 5.69 Å². The first-order valence-electron chi connectivity index (χ1n) is 6.78. The molecule has 0 amide bonds. The third-order valence-corrected chi connectivity index (χ3v) is 4.36. The fraction of sp³-hybridized carbons (Fsp3) is 0.438. The van der Waals surface area contributed by atoms with Crippen molar-refractivity contribution in [3.8, 4) is 0 Å². The molecule has 0 saturated carbocycles. The Balaban J connectivity index is 2.18. The van der Waals surface area contributed by atoms with E-state index < -0.39 is 0 Å². The summed E-state index contributed by atoms with van der Waals surface area (Å²) >= 11 is 3.65. The van der Waals surface area contributed by atoms with Gasteiger partial charge in [0.25, 0.3) is 0 Å². The van der Waals surface area contributed by atoms with Crippen molar-refractivity contribution in [1.29, 1.82) is 0 Å². The second kappa shape index (κ2) is 6.38. The standard InChI is InChI=1S/C16H21BrN2/c1-4-15-10-16(19(3)18-15)9-14(11-17)13-7-5-12(2)6-8-13/h5-8,10,14H,4,9,11H2,1-3H3. The van der Waals surface area contributed by atoms with Crippen molar-refractivity contribution in [3.05, 3.63) is 52.8 Å². The van der Waals surface area contributed by atoms with Crippen LogP contribution in [0.25, 0.3) is 0 Å². The van der Waals surface area contributed by atoms with Crippen LogP contribution in [0.5, 0.6) is 0 Å². The van der Waals surface area contributed by atoms with Gasteiger partial charge in [0.2, 0.25) is 0 Å². The number of aryl methyl sites for hydroxylation is 3. The lowest BCUT2D eigenvalue weighted by Gasteiger charge is -2.14. The zero-order valence-corrected chi connectivity index (χ0v) is 13.4. The van der Waals surface area contributed by atoms with E-state index in [1.807, 2.05) is 11.7 Å². The van der Waals surface area contributed by atoms with E-state index in [0.717, 1.165) is 18.2 Å². The molecule has 1 heterocycles. The molecule has 0 aliphatic rings. The van der Waals surface area contributed by atoms with Gasteiger partial charge >= 0.3 is 0 Å². The average Bonchev–Trinajstić information content (AvgIpc) is 2.78. The van der Waals surface area contributed by atoms with Crippen molar-refractivity contribution in [2.45, 2.75) is 32.6 Å². The minimum Gasteiger partial charge on any atom is -0.272 e. The first-order valence-corrected chi connectivity index (χ1v) is 7.90. The molecule has 0 spiro atoms. The molecular formula is C16H21BrN2. The maximum atomic E-state index is 4.53. The van der Waals surface area contributed by atoms with Crippen LogP contribution in [0.2, 0.25) is 0 Å². The van der Waals surface area contributed by atoms with E-state index in [4.69, 9.17) is 0 Å². The molecule has 19 heavy (non-hydrogen) atoms. The molecule has 3 heteroatoms. The zero-order valence-electron chi connectivity index (χ0n) is 11.9. The molecule has 0 fully saturated rings. The normalized spacial score (nSPS) is 12.6. The Morgan fingerprint density at radius 3 is 2.47 bits per heavy atom. The summed E-state index contributed by atoms with van der Waals surface area (Å²) < 4.78 is 2.02. The van der Waals surface area contributed by atoms with Crippen LogP contribution in [0, 0.1) is 6.92 Å². The molecule has 0 N–H and O–H groups in total. The van der Waals surface area contributed by atoms with Crippen molar-refractivity contribution in [2.75, 3.05) is 5.33 Å². The van der Waals surface area contributed by atoms with E-state index in [2.05, 4.69) is 65.2 Å². The molecule has 2 rings (SSSR count). The molecular weight excluding hydrogens is 300 g/mol. The molecule has 0 aliphatic carbocycles. The summed E-state index contributed by atoms with van der Waals surface area (Å²) in [5.74, 6) is 0.501. The summed E-state index contributed by atoms with van der Waals surface area (Å²) in [6.07, 6.45) is 2.02. The van der Waals surface area contributed by atoms with Gasteiger partial charge in [-0.25, -0.2) is 0 Å². The maximum absolute atomic E-state index is 4.53. The minimum atomic E-state index is 0.501. The van der Waals surface area contributed by atoms with Gasteiger partial charge in [0.15, 0.2) is 0 Å². The van der Waals surface area contributed by atoms with E-state index in [1.165, 1.54) is 22.5 Å². The van der Waals surface area contributed by atoms with Crippen LogP contribution in [0.3, 0.4) is 0 Å². The Morgan fingerprint density at radius 1 is 1.26 bits per heavy atom. The fourth-order valence-corrected chi connectivity index (χ4v) is 2.89. The molecule has 1 atom stereocenters. The van der Waals surface area contributed by atoms with Crippen LogP contribution in [0.15, 0.2) is 30.3 Å². The Hall–Kier alpha value is -1.09. The van der Waals surface area contributed by atoms with Crippen LogP contribution in [-0.2, 0) is 19.9 Å². The van der Waals surface area contributed by atoms with Gasteiger partial charge in [0.1, 0.15) is 0 Å². The largest absolute Gasteiger partial charge is 0.272 e.